The summed E-state index contributed by atoms with van der Waals surface area (Å²) in [4.78, 5) is 21.4. The minimum atomic E-state index is -0.602. The molecule has 0 saturated heterocycles. The number of hydrogen-bond acceptors (Lipinski definition) is 4. The van der Waals surface area contributed by atoms with Crippen molar-refractivity contribution in [2.45, 2.75) is 19.4 Å². The minimum Gasteiger partial charge on any atom is -0.348 e. The highest BCUT2D eigenvalue weighted by atomic mass is 16.2. The Bertz CT molecular complexity index is 170. The number of carbonyl (C=O) groups is 2. The number of amides is 1. The van der Waals surface area contributed by atoms with Gasteiger partial charge >= 0.3 is 0 Å². The van der Waals surface area contributed by atoms with Gasteiger partial charge in [-0.1, -0.05) is 0 Å². The van der Waals surface area contributed by atoms with Gasteiger partial charge in [-0.3, -0.25) is 9.59 Å². The molecule has 0 bridgehead atoms. The predicted molar refractivity (Wildman–Crippen MR) is 45.3 cm³/mol. The van der Waals surface area contributed by atoms with Crippen molar-refractivity contribution < 1.29 is 9.59 Å². The van der Waals surface area contributed by atoms with Crippen LogP contribution in [0, 0.1) is 0 Å². The molecular weight excluding hydrogens is 158 g/mol. The zero-order valence-corrected chi connectivity index (χ0v) is 7.17. The highest BCUT2D eigenvalue weighted by Gasteiger charge is 2.11. The van der Waals surface area contributed by atoms with Gasteiger partial charge in [0, 0.05) is 0 Å². The molecule has 5 heteroatoms. The van der Waals surface area contributed by atoms with Crippen LogP contribution in [0.15, 0.2) is 0 Å². The van der Waals surface area contributed by atoms with Crippen molar-refractivity contribution in [3.05, 3.63) is 0 Å². The molecule has 5 nitrogen and oxygen atoms in total. The van der Waals surface area contributed by atoms with Crippen LogP contribution in [-0.2, 0) is 9.59 Å². The lowest BCUT2D eigenvalue weighted by molar-refractivity contribution is -0.125. The second-order valence-corrected chi connectivity index (χ2v) is 2.60. The van der Waals surface area contributed by atoms with Gasteiger partial charge in [-0.2, -0.15) is 0 Å². The van der Waals surface area contributed by atoms with E-state index in [1.807, 2.05) is 0 Å². The van der Waals surface area contributed by atoms with Crippen LogP contribution >= 0.6 is 0 Å². The van der Waals surface area contributed by atoms with E-state index in [1.165, 1.54) is 6.92 Å². The molecule has 0 saturated carbocycles. The van der Waals surface area contributed by atoms with E-state index in [0.717, 1.165) is 0 Å². The first-order chi connectivity index (χ1) is 5.57. The monoisotopic (exact) mass is 173 g/mol. The van der Waals surface area contributed by atoms with E-state index < -0.39 is 6.04 Å². The topological polar surface area (TPSA) is 98.2 Å². The molecular formula is C7H15N3O2. The largest absolute Gasteiger partial charge is 0.348 e. The number of carbonyl (C=O) groups excluding carboxylic acids is 2. The van der Waals surface area contributed by atoms with E-state index in [9.17, 15) is 9.59 Å². The molecule has 0 aliphatic carbocycles. The second kappa shape index (κ2) is 5.68. The number of nitrogens with two attached hydrogens (primary N) is 2. The third-order valence-corrected chi connectivity index (χ3v) is 1.33. The van der Waals surface area contributed by atoms with Crippen molar-refractivity contribution in [3.63, 3.8) is 0 Å². The van der Waals surface area contributed by atoms with E-state index in [-0.39, 0.29) is 18.2 Å². The van der Waals surface area contributed by atoms with E-state index in [4.69, 9.17) is 11.5 Å². The van der Waals surface area contributed by atoms with Crippen LogP contribution in [0.5, 0.6) is 0 Å². The molecule has 5 N–H and O–H groups in total. The average Bonchev–Trinajstić information content (AvgIpc) is 2.00. The molecule has 0 spiro atoms. The molecule has 0 unspecified atom stereocenters. The van der Waals surface area contributed by atoms with E-state index in [0.29, 0.717) is 13.0 Å². The summed E-state index contributed by atoms with van der Waals surface area (Å²) in [7, 11) is 0. The Kier molecular flexibility index (Phi) is 5.23. The zero-order chi connectivity index (χ0) is 9.56. The molecule has 0 fully saturated rings. The Hall–Kier alpha value is -0.940. The predicted octanol–water partition coefficient (Wildman–Crippen LogP) is -1.63. The van der Waals surface area contributed by atoms with Crippen molar-refractivity contribution in [2.24, 2.45) is 11.5 Å². The van der Waals surface area contributed by atoms with Crippen LogP contribution in [0.2, 0.25) is 0 Å². The molecule has 0 aliphatic heterocycles. The Balaban J connectivity index is 3.64. The van der Waals surface area contributed by atoms with Crippen LogP contribution in [-0.4, -0.2) is 30.8 Å². The van der Waals surface area contributed by atoms with Gasteiger partial charge < -0.3 is 16.8 Å². The van der Waals surface area contributed by atoms with Gasteiger partial charge in [0.2, 0.25) is 5.91 Å². The number of nitrogens with one attached hydrogen (secondary N) is 1. The quantitative estimate of drug-likeness (QED) is 0.464. The number of Topliss-reactive ketones (excluding diaryl/α,β-unsaturated/α-hetero) is 1. The molecule has 12 heavy (non-hydrogen) atoms. The van der Waals surface area contributed by atoms with Crippen molar-refractivity contribution in [1.82, 2.24) is 5.32 Å². The first-order valence-corrected chi connectivity index (χ1v) is 3.80. The van der Waals surface area contributed by atoms with Gasteiger partial charge in [0.1, 0.15) is 5.78 Å². The van der Waals surface area contributed by atoms with Gasteiger partial charge in [-0.15, -0.1) is 0 Å². The molecule has 0 aromatic heterocycles. The highest BCUT2D eigenvalue weighted by molar-refractivity contribution is 5.87. The van der Waals surface area contributed by atoms with Crippen LogP contribution in [0.1, 0.15) is 13.3 Å². The van der Waals surface area contributed by atoms with Crippen LogP contribution in [0.4, 0.5) is 0 Å². The number of rotatable bonds is 5. The Morgan fingerprint density at radius 2 is 2.08 bits per heavy atom. The van der Waals surface area contributed by atoms with Crippen LogP contribution in [0.3, 0.4) is 0 Å². The van der Waals surface area contributed by atoms with Gasteiger partial charge in [-0.25, -0.2) is 0 Å². The maximum atomic E-state index is 11.0. The van der Waals surface area contributed by atoms with Crippen molar-refractivity contribution in [3.8, 4) is 0 Å². The van der Waals surface area contributed by atoms with Gasteiger partial charge in [-0.05, 0) is 19.9 Å². The van der Waals surface area contributed by atoms with E-state index >= 15 is 0 Å². The first-order valence-electron chi connectivity index (χ1n) is 3.80. The van der Waals surface area contributed by atoms with Crippen LogP contribution < -0.4 is 16.8 Å². The van der Waals surface area contributed by atoms with Gasteiger partial charge in [0.15, 0.2) is 0 Å². The maximum Gasteiger partial charge on any atom is 0.237 e. The Morgan fingerprint density at radius 3 is 2.50 bits per heavy atom. The number of ketones is 1. The number of hydrogen-bond donors (Lipinski definition) is 3. The first kappa shape index (κ1) is 11.1. The maximum absolute atomic E-state index is 11.0. The third-order valence-electron chi connectivity index (χ3n) is 1.33. The van der Waals surface area contributed by atoms with Gasteiger partial charge in [0.05, 0.1) is 12.6 Å². The summed E-state index contributed by atoms with van der Waals surface area (Å²) in [5.41, 5.74) is 10.6. The van der Waals surface area contributed by atoms with E-state index in [2.05, 4.69) is 5.32 Å². The van der Waals surface area contributed by atoms with Crippen molar-refractivity contribution in [1.29, 1.82) is 0 Å². The summed E-state index contributed by atoms with van der Waals surface area (Å²) in [6.45, 7) is 1.81. The fourth-order valence-electron chi connectivity index (χ4n) is 0.653. The van der Waals surface area contributed by atoms with Gasteiger partial charge in [0.25, 0.3) is 0 Å². The molecule has 0 radical (unpaired) electrons. The van der Waals surface area contributed by atoms with Crippen LogP contribution in [0.25, 0.3) is 0 Å². The lowest BCUT2D eigenvalue weighted by atomic mass is 10.2. The molecule has 1 atom stereocenters. The lowest BCUT2D eigenvalue weighted by Gasteiger charge is -2.09. The average molecular weight is 173 g/mol. The summed E-state index contributed by atoms with van der Waals surface area (Å²) in [6.07, 6.45) is 0.434. The third kappa shape index (κ3) is 4.81. The lowest BCUT2D eigenvalue weighted by Crippen LogP contribution is -2.43. The fraction of sp³-hybridized carbons (Fsp3) is 0.714. The molecule has 0 aromatic carbocycles. The molecule has 70 valence electrons. The normalized spacial score (nSPS) is 12.2. The summed E-state index contributed by atoms with van der Waals surface area (Å²) < 4.78 is 0. The second-order valence-electron chi connectivity index (χ2n) is 2.60. The van der Waals surface area contributed by atoms with Crippen molar-refractivity contribution in [2.75, 3.05) is 13.1 Å². The zero-order valence-electron chi connectivity index (χ0n) is 7.17. The molecule has 0 aromatic rings. The summed E-state index contributed by atoms with van der Waals surface area (Å²) in [5, 5.41) is 2.40. The molecule has 1 amide bonds. The highest BCUT2D eigenvalue weighted by Crippen LogP contribution is 1.84. The summed E-state index contributed by atoms with van der Waals surface area (Å²) >= 11 is 0. The fourth-order valence-corrected chi connectivity index (χ4v) is 0.653. The van der Waals surface area contributed by atoms with E-state index in [1.54, 1.807) is 0 Å². The van der Waals surface area contributed by atoms with Crippen molar-refractivity contribution >= 4 is 11.7 Å². The molecule has 0 heterocycles. The molecule has 0 aliphatic rings. The molecule has 0 rings (SSSR count). The SMILES string of the molecule is CC(=O)CNC(=O)[C@@H](N)CCN. The Morgan fingerprint density at radius 1 is 1.50 bits per heavy atom. The summed E-state index contributed by atoms with van der Waals surface area (Å²) in [5.74, 6) is -0.418. The standard InChI is InChI=1S/C7H15N3O2/c1-5(11)4-10-7(12)6(9)2-3-8/h6H,2-4,8-9H2,1H3,(H,10,12)/t6-/m0/s1. The Labute approximate surface area is 71.5 Å². The summed E-state index contributed by atoms with van der Waals surface area (Å²) in [6, 6.07) is -0.602. The smallest absolute Gasteiger partial charge is 0.237 e. The minimum absolute atomic E-state index is 0.0388.